The van der Waals surface area contributed by atoms with E-state index in [-0.39, 0.29) is 5.75 Å². The van der Waals surface area contributed by atoms with E-state index in [0.717, 1.165) is 0 Å². The minimum absolute atomic E-state index is 0.0449. The number of aliphatic hydroxyl groups is 1. The first-order chi connectivity index (χ1) is 11.0. The van der Waals surface area contributed by atoms with E-state index in [9.17, 15) is 10.2 Å². The van der Waals surface area contributed by atoms with Crippen LogP contribution in [0.1, 0.15) is 17.2 Å². The Bertz CT molecular complexity index is 658. The van der Waals surface area contributed by atoms with Gasteiger partial charge in [0, 0.05) is 0 Å². The van der Waals surface area contributed by atoms with Crippen LogP contribution in [0, 0.1) is 0 Å². The highest BCUT2D eigenvalue weighted by Gasteiger charge is 2.19. The van der Waals surface area contributed by atoms with Crippen LogP contribution in [-0.4, -0.2) is 38.7 Å². The lowest BCUT2D eigenvalue weighted by molar-refractivity contribution is 0.217. The molecule has 6 nitrogen and oxygen atoms in total. The second-order valence-electron chi connectivity index (χ2n) is 4.79. The van der Waals surface area contributed by atoms with Gasteiger partial charge in [0.25, 0.3) is 0 Å². The highest BCUT2D eigenvalue weighted by Crippen LogP contribution is 2.41. The maximum atomic E-state index is 10.6. The predicted octanol–water partition coefficient (Wildman–Crippen LogP) is 2.51. The van der Waals surface area contributed by atoms with Gasteiger partial charge in [0.15, 0.2) is 23.0 Å². The second kappa shape index (κ2) is 7.11. The van der Waals surface area contributed by atoms with Crippen LogP contribution in [0.15, 0.2) is 30.3 Å². The quantitative estimate of drug-likeness (QED) is 0.851. The summed E-state index contributed by atoms with van der Waals surface area (Å²) in [7, 11) is 5.99. The highest BCUT2D eigenvalue weighted by molar-refractivity contribution is 5.55. The number of methoxy groups -OCH3 is 4. The molecule has 2 aromatic carbocycles. The van der Waals surface area contributed by atoms with E-state index < -0.39 is 6.10 Å². The van der Waals surface area contributed by atoms with Crippen molar-refractivity contribution < 1.29 is 29.2 Å². The Balaban J connectivity index is 2.46. The number of rotatable bonds is 6. The molecule has 2 N–H and O–H groups in total. The van der Waals surface area contributed by atoms with Gasteiger partial charge in [-0.3, -0.25) is 0 Å². The first kappa shape index (κ1) is 16.8. The molecule has 2 rings (SSSR count). The summed E-state index contributed by atoms with van der Waals surface area (Å²) in [6.07, 6.45) is -0.972. The van der Waals surface area contributed by atoms with Crippen molar-refractivity contribution in [1.82, 2.24) is 0 Å². The normalized spacial score (nSPS) is 11.7. The molecule has 6 heteroatoms. The summed E-state index contributed by atoms with van der Waals surface area (Å²) < 4.78 is 20.8. The third kappa shape index (κ3) is 3.27. The topological polar surface area (TPSA) is 77.4 Å². The Morgan fingerprint density at radius 1 is 0.739 bits per heavy atom. The molecule has 124 valence electrons. The lowest BCUT2D eigenvalue weighted by Crippen LogP contribution is -2.03. The van der Waals surface area contributed by atoms with Gasteiger partial charge in [0.1, 0.15) is 6.10 Å². The second-order valence-corrected chi connectivity index (χ2v) is 4.79. The number of benzene rings is 2. The van der Waals surface area contributed by atoms with E-state index in [2.05, 4.69) is 0 Å². The fourth-order valence-corrected chi connectivity index (χ4v) is 2.33. The molecule has 0 saturated carbocycles. The van der Waals surface area contributed by atoms with Crippen LogP contribution in [0.4, 0.5) is 0 Å². The summed E-state index contributed by atoms with van der Waals surface area (Å²) in [6, 6.07) is 8.03. The zero-order valence-electron chi connectivity index (χ0n) is 13.5. The largest absolute Gasteiger partial charge is 0.504 e. The average Bonchev–Trinajstić information content (AvgIpc) is 2.59. The van der Waals surface area contributed by atoms with Crippen molar-refractivity contribution in [2.45, 2.75) is 6.10 Å². The molecule has 0 aliphatic carbocycles. The number of phenolic OH excluding ortho intramolecular Hbond substituents is 1. The van der Waals surface area contributed by atoms with Crippen LogP contribution in [0.3, 0.4) is 0 Å². The first-order valence-electron chi connectivity index (χ1n) is 6.90. The summed E-state index contributed by atoms with van der Waals surface area (Å²) in [5.74, 6) is 1.63. The Hall–Kier alpha value is -2.60. The van der Waals surface area contributed by atoms with E-state index in [1.54, 1.807) is 24.3 Å². The SMILES string of the molecule is COc1ccc([C@@H](O)c2cc(OC)c(OC)c(OC)c2)cc1O. The van der Waals surface area contributed by atoms with Crippen molar-refractivity contribution in [2.24, 2.45) is 0 Å². The third-order valence-electron chi connectivity index (χ3n) is 3.52. The van der Waals surface area contributed by atoms with Crippen molar-refractivity contribution in [1.29, 1.82) is 0 Å². The molecule has 0 aliphatic heterocycles. The van der Waals surface area contributed by atoms with Gasteiger partial charge in [-0.1, -0.05) is 6.07 Å². The standard InChI is InChI=1S/C17H20O6/c1-20-13-6-5-10(7-12(13)18)16(19)11-8-14(21-2)17(23-4)15(9-11)22-3/h5-9,16,18-19H,1-4H3/t16-/m1/s1. The number of hydrogen-bond acceptors (Lipinski definition) is 6. The minimum Gasteiger partial charge on any atom is -0.504 e. The van der Waals surface area contributed by atoms with Gasteiger partial charge in [0.2, 0.25) is 5.75 Å². The molecule has 0 unspecified atom stereocenters. The van der Waals surface area contributed by atoms with Gasteiger partial charge in [-0.2, -0.15) is 0 Å². The molecule has 0 radical (unpaired) electrons. The van der Waals surface area contributed by atoms with Gasteiger partial charge >= 0.3 is 0 Å². The maximum Gasteiger partial charge on any atom is 0.203 e. The van der Waals surface area contributed by atoms with Gasteiger partial charge in [-0.25, -0.2) is 0 Å². The monoisotopic (exact) mass is 320 g/mol. The molecule has 23 heavy (non-hydrogen) atoms. The maximum absolute atomic E-state index is 10.6. The Kier molecular flexibility index (Phi) is 5.18. The molecule has 0 heterocycles. The number of phenols is 1. The number of hydrogen-bond donors (Lipinski definition) is 2. The Morgan fingerprint density at radius 2 is 1.30 bits per heavy atom. The number of ether oxygens (including phenoxy) is 4. The van der Waals surface area contributed by atoms with Crippen LogP contribution < -0.4 is 18.9 Å². The van der Waals surface area contributed by atoms with Crippen LogP contribution in [0.5, 0.6) is 28.7 Å². The fourth-order valence-electron chi connectivity index (χ4n) is 2.33. The zero-order chi connectivity index (χ0) is 17.0. The van der Waals surface area contributed by atoms with E-state index >= 15 is 0 Å². The molecule has 0 spiro atoms. The average molecular weight is 320 g/mol. The summed E-state index contributed by atoms with van der Waals surface area (Å²) in [5.41, 5.74) is 1.06. The molecule has 1 atom stereocenters. The van der Waals surface area contributed by atoms with Crippen LogP contribution in [0.2, 0.25) is 0 Å². The molecule has 0 bridgehead atoms. The Labute approximate surface area is 134 Å². The van der Waals surface area contributed by atoms with E-state index in [1.807, 2.05) is 0 Å². The molecular weight excluding hydrogens is 300 g/mol. The molecule has 2 aromatic rings. The number of aromatic hydroxyl groups is 1. The fraction of sp³-hybridized carbons (Fsp3) is 0.294. The number of aliphatic hydroxyl groups excluding tert-OH is 1. The summed E-state index contributed by atoms with van der Waals surface area (Å²) in [4.78, 5) is 0. The van der Waals surface area contributed by atoms with Gasteiger partial charge < -0.3 is 29.2 Å². The van der Waals surface area contributed by atoms with Crippen molar-refractivity contribution in [3.63, 3.8) is 0 Å². The predicted molar refractivity (Wildman–Crippen MR) is 84.8 cm³/mol. The summed E-state index contributed by atoms with van der Waals surface area (Å²) in [5, 5.41) is 20.4. The smallest absolute Gasteiger partial charge is 0.203 e. The van der Waals surface area contributed by atoms with Crippen LogP contribution >= 0.6 is 0 Å². The van der Waals surface area contributed by atoms with Crippen molar-refractivity contribution in [3.8, 4) is 28.7 Å². The lowest BCUT2D eigenvalue weighted by atomic mass is 10.00. The van der Waals surface area contributed by atoms with Gasteiger partial charge in [-0.05, 0) is 35.4 Å². The molecule has 0 amide bonds. The van der Waals surface area contributed by atoms with E-state index in [4.69, 9.17) is 18.9 Å². The third-order valence-corrected chi connectivity index (χ3v) is 3.52. The van der Waals surface area contributed by atoms with E-state index in [0.29, 0.717) is 34.1 Å². The first-order valence-corrected chi connectivity index (χ1v) is 6.90. The molecule has 0 aliphatic rings. The molecule has 0 saturated heterocycles. The highest BCUT2D eigenvalue weighted by atomic mass is 16.5. The minimum atomic E-state index is -0.972. The van der Waals surface area contributed by atoms with Crippen molar-refractivity contribution >= 4 is 0 Å². The van der Waals surface area contributed by atoms with Gasteiger partial charge in [-0.15, -0.1) is 0 Å². The van der Waals surface area contributed by atoms with Crippen molar-refractivity contribution in [2.75, 3.05) is 28.4 Å². The van der Waals surface area contributed by atoms with Gasteiger partial charge in [0.05, 0.1) is 28.4 Å². The van der Waals surface area contributed by atoms with Crippen LogP contribution in [-0.2, 0) is 0 Å². The van der Waals surface area contributed by atoms with E-state index in [1.165, 1.54) is 34.5 Å². The van der Waals surface area contributed by atoms with Crippen molar-refractivity contribution in [3.05, 3.63) is 41.5 Å². The zero-order valence-corrected chi connectivity index (χ0v) is 13.5. The molecular formula is C17H20O6. The molecule has 0 aromatic heterocycles. The Morgan fingerprint density at radius 3 is 1.74 bits per heavy atom. The summed E-state index contributed by atoms with van der Waals surface area (Å²) >= 11 is 0. The summed E-state index contributed by atoms with van der Waals surface area (Å²) in [6.45, 7) is 0. The molecule has 0 fully saturated rings. The van der Waals surface area contributed by atoms with Crippen LogP contribution in [0.25, 0.3) is 0 Å². The lowest BCUT2D eigenvalue weighted by Gasteiger charge is -2.18.